The van der Waals surface area contributed by atoms with E-state index in [0.29, 0.717) is 5.56 Å². The number of carbonyl (C=O) groups excluding carboxylic acids is 1. The van der Waals surface area contributed by atoms with E-state index in [4.69, 9.17) is 0 Å². The lowest BCUT2D eigenvalue weighted by Crippen LogP contribution is -1.91. The fraction of sp³-hybridized carbons (Fsp3) is 0.0769. The molecule has 0 spiro atoms. The van der Waals surface area contributed by atoms with E-state index in [1.54, 1.807) is 36.3 Å². The van der Waals surface area contributed by atoms with Gasteiger partial charge in [-0.25, -0.2) is 0 Å². The summed E-state index contributed by atoms with van der Waals surface area (Å²) in [4.78, 5) is 11.8. The van der Waals surface area contributed by atoms with Gasteiger partial charge in [-0.15, -0.1) is 0 Å². The standard InChI is InChI=1S/C13H11BrN2O/c1-16-9-11(8-15-16)13(17)7-6-10-4-2-3-5-12(10)14/h2-9H,1H3. The lowest BCUT2D eigenvalue weighted by Gasteiger charge is -1.96. The van der Waals surface area contributed by atoms with Gasteiger partial charge in [-0.05, 0) is 23.8 Å². The first-order valence-corrected chi connectivity index (χ1v) is 5.92. The molecule has 1 heterocycles. The molecule has 4 heteroatoms. The van der Waals surface area contributed by atoms with Gasteiger partial charge in [0, 0.05) is 17.7 Å². The van der Waals surface area contributed by atoms with Gasteiger partial charge in [-0.3, -0.25) is 9.48 Å². The number of hydrogen-bond donors (Lipinski definition) is 0. The summed E-state index contributed by atoms with van der Waals surface area (Å²) in [7, 11) is 1.79. The number of benzene rings is 1. The number of halogens is 1. The third kappa shape index (κ3) is 2.91. The predicted molar refractivity (Wildman–Crippen MR) is 70.7 cm³/mol. The first-order chi connectivity index (χ1) is 8.16. The number of ketones is 1. The molecule has 1 aromatic heterocycles. The highest BCUT2D eigenvalue weighted by molar-refractivity contribution is 9.10. The van der Waals surface area contributed by atoms with Crippen molar-refractivity contribution >= 4 is 27.8 Å². The Labute approximate surface area is 108 Å². The van der Waals surface area contributed by atoms with Gasteiger partial charge in [-0.2, -0.15) is 5.10 Å². The summed E-state index contributed by atoms with van der Waals surface area (Å²) in [5, 5.41) is 3.96. The van der Waals surface area contributed by atoms with E-state index in [-0.39, 0.29) is 5.78 Å². The Morgan fingerprint density at radius 2 is 2.18 bits per heavy atom. The molecule has 0 atom stereocenters. The van der Waals surface area contributed by atoms with Crippen LogP contribution in [-0.2, 0) is 7.05 Å². The van der Waals surface area contributed by atoms with Gasteiger partial charge in [0.1, 0.15) is 0 Å². The minimum atomic E-state index is -0.0474. The van der Waals surface area contributed by atoms with Crippen LogP contribution in [-0.4, -0.2) is 15.6 Å². The minimum absolute atomic E-state index is 0.0474. The van der Waals surface area contributed by atoms with Crippen LogP contribution in [0.4, 0.5) is 0 Å². The van der Waals surface area contributed by atoms with Gasteiger partial charge in [-0.1, -0.05) is 34.1 Å². The van der Waals surface area contributed by atoms with Crippen molar-refractivity contribution in [1.82, 2.24) is 9.78 Å². The van der Waals surface area contributed by atoms with E-state index in [0.717, 1.165) is 10.0 Å². The largest absolute Gasteiger partial charge is 0.289 e. The molecule has 0 N–H and O–H groups in total. The zero-order valence-corrected chi connectivity index (χ0v) is 10.9. The summed E-state index contributed by atoms with van der Waals surface area (Å²) in [5.74, 6) is -0.0474. The van der Waals surface area contributed by atoms with E-state index < -0.39 is 0 Å². The molecule has 0 saturated carbocycles. The van der Waals surface area contributed by atoms with Gasteiger partial charge in [0.25, 0.3) is 0 Å². The van der Waals surface area contributed by atoms with Crippen LogP contribution >= 0.6 is 15.9 Å². The summed E-state index contributed by atoms with van der Waals surface area (Å²) in [6.07, 6.45) is 6.61. The monoisotopic (exact) mass is 290 g/mol. The smallest absolute Gasteiger partial charge is 0.189 e. The molecule has 0 bridgehead atoms. The molecule has 2 rings (SSSR count). The maximum Gasteiger partial charge on any atom is 0.189 e. The van der Waals surface area contributed by atoms with Gasteiger partial charge in [0.15, 0.2) is 5.78 Å². The normalized spacial score (nSPS) is 10.9. The van der Waals surface area contributed by atoms with Crippen molar-refractivity contribution in [1.29, 1.82) is 0 Å². The number of nitrogens with zero attached hydrogens (tertiary/aromatic N) is 2. The summed E-state index contributed by atoms with van der Waals surface area (Å²) < 4.78 is 2.58. The first-order valence-electron chi connectivity index (χ1n) is 5.12. The van der Waals surface area contributed by atoms with Crippen LogP contribution in [0.3, 0.4) is 0 Å². The molecule has 1 aromatic carbocycles. The number of aromatic nitrogens is 2. The second-order valence-electron chi connectivity index (χ2n) is 3.62. The van der Waals surface area contributed by atoms with E-state index in [2.05, 4.69) is 21.0 Å². The van der Waals surface area contributed by atoms with Crippen molar-refractivity contribution < 1.29 is 4.79 Å². The lowest BCUT2D eigenvalue weighted by molar-refractivity contribution is 0.104. The number of carbonyl (C=O) groups is 1. The third-order valence-electron chi connectivity index (χ3n) is 2.31. The Kier molecular flexibility index (Phi) is 3.54. The van der Waals surface area contributed by atoms with Crippen molar-refractivity contribution in [2.45, 2.75) is 0 Å². The van der Waals surface area contributed by atoms with Crippen LogP contribution in [0.5, 0.6) is 0 Å². The van der Waals surface area contributed by atoms with Gasteiger partial charge >= 0.3 is 0 Å². The summed E-state index contributed by atoms with van der Waals surface area (Å²) in [6.45, 7) is 0. The Balaban J connectivity index is 2.17. The molecule has 3 nitrogen and oxygen atoms in total. The van der Waals surface area contributed by atoms with Crippen molar-refractivity contribution in [3.8, 4) is 0 Å². The molecule has 0 aliphatic rings. The molecule has 0 saturated heterocycles. The van der Waals surface area contributed by atoms with E-state index in [1.807, 2.05) is 24.3 Å². The molecule has 0 aliphatic carbocycles. The van der Waals surface area contributed by atoms with Crippen molar-refractivity contribution in [2.24, 2.45) is 7.05 Å². The topological polar surface area (TPSA) is 34.9 Å². The fourth-order valence-electron chi connectivity index (χ4n) is 1.42. The van der Waals surface area contributed by atoms with Crippen LogP contribution in [0.1, 0.15) is 15.9 Å². The van der Waals surface area contributed by atoms with E-state index >= 15 is 0 Å². The number of allylic oxidation sites excluding steroid dienone is 1. The van der Waals surface area contributed by atoms with Crippen LogP contribution in [0, 0.1) is 0 Å². The fourth-order valence-corrected chi connectivity index (χ4v) is 1.84. The Morgan fingerprint density at radius 1 is 1.41 bits per heavy atom. The number of rotatable bonds is 3. The molecule has 0 unspecified atom stereocenters. The predicted octanol–water partition coefficient (Wildman–Crippen LogP) is 3.08. The number of hydrogen-bond acceptors (Lipinski definition) is 2. The first kappa shape index (κ1) is 11.8. The molecule has 0 radical (unpaired) electrons. The molecular weight excluding hydrogens is 280 g/mol. The SMILES string of the molecule is Cn1cc(C(=O)C=Cc2ccccc2Br)cn1. The molecular formula is C13H11BrN2O. The number of aryl methyl sites for hydroxylation is 1. The quantitative estimate of drug-likeness (QED) is 0.643. The van der Waals surface area contributed by atoms with E-state index in [1.165, 1.54) is 0 Å². The molecule has 0 aliphatic heterocycles. The second-order valence-corrected chi connectivity index (χ2v) is 4.48. The Bertz CT molecular complexity index is 572. The van der Waals surface area contributed by atoms with E-state index in [9.17, 15) is 4.79 Å². The molecule has 86 valence electrons. The van der Waals surface area contributed by atoms with Crippen LogP contribution in [0.25, 0.3) is 6.08 Å². The Hall–Kier alpha value is -1.68. The van der Waals surface area contributed by atoms with Crippen LogP contribution in [0.2, 0.25) is 0 Å². The average Bonchev–Trinajstić information content (AvgIpc) is 2.74. The van der Waals surface area contributed by atoms with Gasteiger partial charge < -0.3 is 0 Å². The Morgan fingerprint density at radius 3 is 2.82 bits per heavy atom. The van der Waals surface area contributed by atoms with Gasteiger partial charge in [0.05, 0.1) is 11.8 Å². The second kappa shape index (κ2) is 5.10. The van der Waals surface area contributed by atoms with Crippen molar-refractivity contribution in [3.63, 3.8) is 0 Å². The highest BCUT2D eigenvalue weighted by Crippen LogP contribution is 2.17. The van der Waals surface area contributed by atoms with Crippen molar-refractivity contribution in [3.05, 3.63) is 58.3 Å². The molecule has 0 fully saturated rings. The van der Waals surface area contributed by atoms with Crippen LogP contribution in [0.15, 0.2) is 47.2 Å². The lowest BCUT2D eigenvalue weighted by atomic mass is 10.1. The van der Waals surface area contributed by atoms with Gasteiger partial charge in [0.2, 0.25) is 0 Å². The van der Waals surface area contributed by atoms with Crippen molar-refractivity contribution in [2.75, 3.05) is 0 Å². The summed E-state index contributed by atoms with van der Waals surface area (Å²) >= 11 is 3.43. The average molecular weight is 291 g/mol. The minimum Gasteiger partial charge on any atom is -0.289 e. The summed E-state index contributed by atoms with van der Waals surface area (Å²) in [6, 6.07) is 7.74. The maximum absolute atomic E-state index is 11.8. The zero-order valence-electron chi connectivity index (χ0n) is 9.30. The highest BCUT2D eigenvalue weighted by atomic mass is 79.9. The van der Waals surface area contributed by atoms with Crippen LogP contribution < -0.4 is 0 Å². The molecule has 0 amide bonds. The summed E-state index contributed by atoms with van der Waals surface area (Å²) in [5.41, 5.74) is 1.57. The zero-order chi connectivity index (χ0) is 12.3. The highest BCUT2D eigenvalue weighted by Gasteiger charge is 2.03. The molecule has 2 aromatic rings. The molecule has 17 heavy (non-hydrogen) atoms. The third-order valence-corrected chi connectivity index (χ3v) is 3.03. The maximum atomic E-state index is 11.8.